The first-order valence-corrected chi connectivity index (χ1v) is 4.27. The Balaban J connectivity index is 3.02. The molecule has 1 unspecified atom stereocenters. The second-order valence-electron chi connectivity index (χ2n) is 2.54. The van der Waals surface area contributed by atoms with Crippen LogP contribution in [0.2, 0.25) is 0 Å². The third-order valence-electron chi connectivity index (χ3n) is 1.29. The van der Waals surface area contributed by atoms with Crippen molar-refractivity contribution in [3.05, 3.63) is 0 Å². The summed E-state index contributed by atoms with van der Waals surface area (Å²) in [6, 6.07) is 0. The van der Waals surface area contributed by atoms with Gasteiger partial charge in [0.2, 0.25) is 0 Å². The van der Waals surface area contributed by atoms with Crippen LogP contribution >= 0.6 is 0 Å². The van der Waals surface area contributed by atoms with Gasteiger partial charge in [-0.25, -0.2) is 0 Å². The third kappa shape index (κ3) is 7.78. The summed E-state index contributed by atoms with van der Waals surface area (Å²) in [5.41, 5.74) is 0. The number of aliphatic hydroxyl groups excluding tert-OH is 1. The van der Waals surface area contributed by atoms with Crippen LogP contribution in [-0.2, 0) is 4.74 Å². The Labute approximate surface area is 68.8 Å². The van der Waals surface area contributed by atoms with E-state index in [9.17, 15) is 5.11 Å². The average Bonchev–Trinajstić information content (AvgIpc) is 2.01. The van der Waals surface area contributed by atoms with Crippen molar-refractivity contribution in [3.8, 4) is 0 Å². The van der Waals surface area contributed by atoms with Gasteiger partial charge in [-0.1, -0.05) is 13.8 Å². The van der Waals surface area contributed by atoms with Crippen LogP contribution in [0.15, 0.2) is 0 Å². The minimum atomic E-state index is -0.360. The molecule has 3 nitrogen and oxygen atoms in total. The van der Waals surface area contributed by atoms with E-state index in [1.165, 1.54) is 0 Å². The summed E-state index contributed by atoms with van der Waals surface area (Å²) in [6.07, 6.45) is 0.648. The van der Waals surface area contributed by atoms with Gasteiger partial charge in [0.05, 0.1) is 12.7 Å². The standard InChI is InChI=1S/C8H19NO2/c1-3-5-11-7-8(10)6-9-4-2/h8-10H,3-7H2,1-2H3. The van der Waals surface area contributed by atoms with Crippen LogP contribution in [0.1, 0.15) is 20.3 Å². The van der Waals surface area contributed by atoms with E-state index in [0.29, 0.717) is 13.2 Å². The van der Waals surface area contributed by atoms with Gasteiger partial charge in [0.1, 0.15) is 0 Å². The summed E-state index contributed by atoms with van der Waals surface area (Å²) < 4.78 is 5.15. The summed E-state index contributed by atoms with van der Waals surface area (Å²) in [5, 5.41) is 12.3. The Kier molecular flexibility index (Phi) is 7.89. The maximum absolute atomic E-state index is 9.22. The number of aliphatic hydroxyl groups is 1. The highest BCUT2D eigenvalue weighted by atomic mass is 16.5. The van der Waals surface area contributed by atoms with E-state index in [1.807, 2.05) is 6.92 Å². The van der Waals surface area contributed by atoms with Gasteiger partial charge >= 0.3 is 0 Å². The number of rotatable bonds is 7. The van der Waals surface area contributed by atoms with Crippen molar-refractivity contribution in [1.82, 2.24) is 5.32 Å². The smallest absolute Gasteiger partial charge is 0.0897 e. The monoisotopic (exact) mass is 161 g/mol. The lowest BCUT2D eigenvalue weighted by molar-refractivity contribution is 0.0376. The fourth-order valence-corrected chi connectivity index (χ4v) is 0.734. The lowest BCUT2D eigenvalue weighted by atomic mass is 10.4. The van der Waals surface area contributed by atoms with Crippen molar-refractivity contribution in [2.45, 2.75) is 26.4 Å². The van der Waals surface area contributed by atoms with Crippen LogP contribution in [0.3, 0.4) is 0 Å². The molecule has 0 bridgehead atoms. The van der Waals surface area contributed by atoms with Gasteiger partial charge in [0.15, 0.2) is 0 Å². The van der Waals surface area contributed by atoms with Crippen molar-refractivity contribution in [3.63, 3.8) is 0 Å². The second-order valence-corrected chi connectivity index (χ2v) is 2.54. The zero-order chi connectivity index (χ0) is 8.53. The predicted molar refractivity (Wildman–Crippen MR) is 45.7 cm³/mol. The Morgan fingerprint density at radius 2 is 2.18 bits per heavy atom. The molecular formula is C8H19NO2. The number of hydrogen-bond donors (Lipinski definition) is 2. The van der Waals surface area contributed by atoms with Gasteiger partial charge in [-0.2, -0.15) is 0 Å². The highest BCUT2D eigenvalue weighted by Crippen LogP contribution is 1.85. The van der Waals surface area contributed by atoms with Crippen molar-refractivity contribution < 1.29 is 9.84 Å². The van der Waals surface area contributed by atoms with Crippen LogP contribution in [0.25, 0.3) is 0 Å². The molecule has 0 aromatic carbocycles. The Morgan fingerprint density at radius 1 is 1.45 bits per heavy atom. The fraction of sp³-hybridized carbons (Fsp3) is 1.00. The van der Waals surface area contributed by atoms with Gasteiger partial charge in [0, 0.05) is 13.2 Å². The van der Waals surface area contributed by atoms with E-state index in [1.54, 1.807) is 0 Å². The fourth-order valence-electron chi connectivity index (χ4n) is 0.734. The van der Waals surface area contributed by atoms with Gasteiger partial charge in [-0.05, 0) is 13.0 Å². The molecule has 0 aliphatic carbocycles. The van der Waals surface area contributed by atoms with Crippen LogP contribution < -0.4 is 5.32 Å². The molecule has 0 spiro atoms. The summed E-state index contributed by atoms with van der Waals surface area (Å²) >= 11 is 0. The maximum Gasteiger partial charge on any atom is 0.0897 e. The number of likely N-dealkylation sites (N-methyl/N-ethyl adjacent to an activating group) is 1. The highest BCUT2D eigenvalue weighted by molar-refractivity contribution is 4.56. The molecule has 0 fully saturated rings. The molecule has 3 heteroatoms. The minimum absolute atomic E-state index is 0.360. The molecule has 0 heterocycles. The number of ether oxygens (including phenoxy) is 1. The van der Waals surface area contributed by atoms with E-state index >= 15 is 0 Å². The van der Waals surface area contributed by atoms with Gasteiger partial charge < -0.3 is 15.2 Å². The molecule has 11 heavy (non-hydrogen) atoms. The molecule has 2 N–H and O–H groups in total. The molecule has 0 aliphatic heterocycles. The summed E-state index contributed by atoms with van der Waals surface area (Å²) in [6.45, 7) is 6.77. The predicted octanol–water partition coefficient (Wildman–Crippen LogP) is 0.383. The first kappa shape index (κ1) is 10.9. The topological polar surface area (TPSA) is 41.5 Å². The zero-order valence-electron chi connectivity index (χ0n) is 7.47. The molecular weight excluding hydrogens is 142 g/mol. The number of hydrogen-bond acceptors (Lipinski definition) is 3. The molecule has 68 valence electrons. The van der Waals surface area contributed by atoms with Gasteiger partial charge in [-0.15, -0.1) is 0 Å². The minimum Gasteiger partial charge on any atom is -0.389 e. The normalized spacial score (nSPS) is 13.4. The van der Waals surface area contributed by atoms with Crippen molar-refractivity contribution in [2.24, 2.45) is 0 Å². The third-order valence-corrected chi connectivity index (χ3v) is 1.29. The molecule has 0 saturated carbocycles. The maximum atomic E-state index is 9.22. The van der Waals surface area contributed by atoms with E-state index in [4.69, 9.17) is 4.74 Å². The van der Waals surface area contributed by atoms with E-state index < -0.39 is 0 Å². The molecule has 1 atom stereocenters. The molecule has 0 amide bonds. The molecule has 0 aromatic heterocycles. The van der Waals surface area contributed by atoms with Gasteiger partial charge in [0.25, 0.3) is 0 Å². The van der Waals surface area contributed by atoms with Crippen LogP contribution in [-0.4, -0.2) is 37.5 Å². The summed E-state index contributed by atoms with van der Waals surface area (Å²) in [4.78, 5) is 0. The van der Waals surface area contributed by atoms with Crippen LogP contribution in [0, 0.1) is 0 Å². The van der Waals surface area contributed by atoms with E-state index in [2.05, 4.69) is 12.2 Å². The Bertz CT molecular complexity index is 78.5. The lowest BCUT2D eigenvalue weighted by Crippen LogP contribution is -2.30. The average molecular weight is 161 g/mol. The first-order valence-electron chi connectivity index (χ1n) is 4.27. The molecule has 0 saturated heterocycles. The Morgan fingerprint density at radius 3 is 2.73 bits per heavy atom. The summed E-state index contributed by atoms with van der Waals surface area (Å²) in [5.74, 6) is 0. The molecule has 0 rings (SSSR count). The van der Waals surface area contributed by atoms with Gasteiger partial charge in [-0.3, -0.25) is 0 Å². The zero-order valence-corrected chi connectivity index (χ0v) is 7.47. The SMILES string of the molecule is CCCOCC(O)CNCC. The Hall–Kier alpha value is -0.120. The van der Waals surface area contributed by atoms with Crippen molar-refractivity contribution >= 4 is 0 Å². The van der Waals surface area contributed by atoms with E-state index in [-0.39, 0.29) is 6.10 Å². The highest BCUT2D eigenvalue weighted by Gasteiger charge is 2.01. The van der Waals surface area contributed by atoms with Crippen LogP contribution in [0.5, 0.6) is 0 Å². The summed E-state index contributed by atoms with van der Waals surface area (Å²) in [7, 11) is 0. The van der Waals surface area contributed by atoms with Crippen LogP contribution in [0.4, 0.5) is 0 Å². The van der Waals surface area contributed by atoms with Crippen molar-refractivity contribution in [1.29, 1.82) is 0 Å². The molecule has 0 aromatic rings. The van der Waals surface area contributed by atoms with Crippen molar-refractivity contribution in [2.75, 3.05) is 26.3 Å². The molecule has 0 radical (unpaired) electrons. The molecule has 0 aliphatic rings. The quantitative estimate of drug-likeness (QED) is 0.530. The van der Waals surface area contributed by atoms with E-state index in [0.717, 1.165) is 19.6 Å². The first-order chi connectivity index (χ1) is 5.31. The number of nitrogens with one attached hydrogen (secondary N) is 1. The lowest BCUT2D eigenvalue weighted by Gasteiger charge is -2.10. The second kappa shape index (κ2) is 7.98. The largest absolute Gasteiger partial charge is 0.389 e.